The van der Waals surface area contributed by atoms with Crippen molar-refractivity contribution in [2.24, 2.45) is 0 Å². The Kier molecular flexibility index (Phi) is 7.87. The second-order valence-corrected chi connectivity index (χ2v) is 10.6. The summed E-state index contributed by atoms with van der Waals surface area (Å²) in [7, 11) is -3.93. The number of nitrogens with zero attached hydrogens (tertiary/aromatic N) is 2. The summed E-state index contributed by atoms with van der Waals surface area (Å²) in [5.41, 5.74) is 2.46. The molecule has 0 aliphatic carbocycles. The Labute approximate surface area is 208 Å². The zero-order chi connectivity index (χ0) is 24.0. The van der Waals surface area contributed by atoms with E-state index in [1.165, 1.54) is 12.1 Å². The SMILES string of the molecule is O=C(CN(c1cccc(Br)c1)S(=O)(=O)c1ccccc1)NCc1ccc(N2CCOCC2)cc1. The van der Waals surface area contributed by atoms with Crippen LogP contribution in [0.4, 0.5) is 11.4 Å². The molecule has 1 aliphatic heterocycles. The first-order chi connectivity index (χ1) is 16.4. The number of carbonyl (C=O) groups is 1. The smallest absolute Gasteiger partial charge is 0.264 e. The summed E-state index contributed by atoms with van der Waals surface area (Å²) in [6.45, 7) is 3.13. The lowest BCUT2D eigenvalue weighted by Crippen LogP contribution is -2.40. The highest BCUT2D eigenvalue weighted by Gasteiger charge is 2.27. The Morgan fingerprint density at radius 2 is 1.68 bits per heavy atom. The molecule has 1 fully saturated rings. The van der Waals surface area contributed by atoms with Crippen molar-refractivity contribution in [1.29, 1.82) is 0 Å². The first-order valence-electron chi connectivity index (χ1n) is 11.0. The van der Waals surface area contributed by atoms with E-state index in [-0.39, 0.29) is 11.4 Å². The third kappa shape index (κ3) is 5.97. The van der Waals surface area contributed by atoms with Gasteiger partial charge in [-0.2, -0.15) is 0 Å². The fourth-order valence-corrected chi connectivity index (χ4v) is 5.52. The van der Waals surface area contributed by atoms with Gasteiger partial charge in [0.25, 0.3) is 10.0 Å². The number of carbonyl (C=O) groups excluding carboxylic acids is 1. The maximum Gasteiger partial charge on any atom is 0.264 e. The molecule has 0 unspecified atom stereocenters. The van der Waals surface area contributed by atoms with Gasteiger partial charge < -0.3 is 15.0 Å². The van der Waals surface area contributed by atoms with Crippen LogP contribution >= 0.6 is 15.9 Å². The summed E-state index contributed by atoms with van der Waals surface area (Å²) in [6, 6.07) is 23.0. The summed E-state index contributed by atoms with van der Waals surface area (Å²) >= 11 is 3.38. The van der Waals surface area contributed by atoms with E-state index in [9.17, 15) is 13.2 Å². The molecule has 0 aromatic heterocycles. The number of benzene rings is 3. The highest BCUT2D eigenvalue weighted by atomic mass is 79.9. The molecule has 0 saturated carbocycles. The molecule has 7 nitrogen and oxygen atoms in total. The van der Waals surface area contributed by atoms with Gasteiger partial charge >= 0.3 is 0 Å². The Morgan fingerprint density at radius 3 is 2.35 bits per heavy atom. The van der Waals surface area contributed by atoms with E-state index >= 15 is 0 Å². The zero-order valence-electron chi connectivity index (χ0n) is 18.6. The van der Waals surface area contributed by atoms with Crippen LogP contribution in [0, 0.1) is 0 Å². The molecule has 3 aromatic carbocycles. The Balaban J connectivity index is 1.45. The lowest BCUT2D eigenvalue weighted by Gasteiger charge is -2.29. The van der Waals surface area contributed by atoms with E-state index in [2.05, 4.69) is 26.1 Å². The van der Waals surface area contributed by atoms with Crippen LogP contribution in [-0.4, -0.2) is 47.2 Å². The lowest BCUT2D eigenvalue weighted by atomic mass is 10.2. The number of amides is 1. The highest BCUT2D eigenvalue weighted by Crippen LogP contribution is 2.26. The molecule has 0 radical (unpaired) electrons. The van der Waals surface area contributed by atoms with Crippen LogP contribution in [-0.2, 0) is 26.1 Å². The van der Waals surface area contributed by atoms with Gasteiger partial charge in [-0.05, 0) is 48.0 Å². The number of anilines is 2. The van der Waals surface area contributed by atoms with E-state index in [0.29, 0.717) is 12.2 Å². The van der Waals surface area contributed by atoms with Crippen LogP contribution in [0.5, 0.6) is 0 Å². The van der Waals surface area contributed by atoms with Gasteiger partial charge in [-0.3, -0.25) is 9.10 Å². The molecule has 0 spiro atoms. The van der Waals surface area contributed by atoms with E-state index in [0.717, 1.165) is 46.3 Å². The minimum absolute atomic E-state index is 0.126. The van der Waals surface area contributed by atoms with Gasteiger partial charge in [0.1, 0.15) is 6.54 Å². The predicted molar refractivity (Wildman–Crippen MR) is 136 cm³/mol. The summed E-state index contributed by atoms with van der Waals surface area (Å²) in [4.78, 5) is 15.2. The van der Waals surface area contributed by atoms with E-state index < -0.39 is 15.9 Å². The lowest BCUT2D eigenvalue weighted by molar-refractivity contribution is -0.119. The second-order valence-electron chi connectivity index (χ2n) is 7.85. The average molecular weight is 544 g/mol. The van der Waals surface area contributed by atoms with Crippen LogP contribution in [0.1, 0.15) is 5.56 Å². The molecule has 0 bridgehead atoms. The minimum Gasteiger partial charge on any atom is -0.378 e. The molecular formula is C25H26BrN3O4S. The zero-order valence-corrected chi connectivity index (χ0v) is 21.0. The average Bonchev–Trinajstić information content (AvgIpc) is 2.87. The maximum atomic E-state index is 13.4. The number of ether oxygens (including phenoxy) is 1. The van der Waals surface area contributed by atoms with Crippen molar-refractivity contribution in [2.45, 2.75) is 11.4 Å². The number of nitrogens with one attached hydrogen (secondary N) is 1. The largest absolute Gasteiger partial charge is 0.378 e. The van der Waals surface area contributed by atoms with Gasteiger partial charge in [0.2, 0.25) is 5.91 Å². The fraction of sp³-hybridized carbons (Fsp3) is 0.240. The highest BCUT2D eigenvalue weighted by molar-refractivity contribution is 9.10. The van der Waals surface area contributed by atoms with Crippen molar-refractivity contribution < 1.29 is 17.9 Å². The minimum atomic E-state index is -3.93. The maximum absolute atomic E-state index is 13.4. The van der Waals surface area contributed by atoms with Gasteiger partial charge in [-0.1, -0.05) is 52.3 Å². The number of hydrogen-bond donors (Lipinski definition) is 1. The predicted octanol–water partition coefficient (Wildman–Crippen LogP) is 3.80. The molecule has 1 heterocycles. The first-order valence-corrected chi connectivity index (χ1v) is 13.2. The summed E-state index contributed by atoms with van der Waals surface area (Å²) < 4.78 is 34.0. The fourth-order valence-electron chi connectivity index (χ4n) is 3.70. The van der Waals surface area contributed by atoms with Gasteiger partial charge in [-0.25, -0.2) is 8.42 Å². The van der Waals surface area contributed by atoms with E-state index in [4.69, 9.17) is 4.74 Å². The molecule has 1 amide bonds. The molecular weight excluding hydrogens is 518 g/mol. The standard InChI is InChI=1S/C25H26BrN3O4S/c26-21-5-4-6-23(17-21)29(34(31,32)24-7-2-1-3-8-24)19-25(30)27-18-20-9-11-22(12-10-20)28-13-15-33-16-14-28/h1-12,17H,13-16,18-19H2,(H,27,30). The second kappa shape index (κ2) is 11.0. The van der Waals surface area contributed by atoms with Gasteiger partial charge in [0, 0.05) is 29.8 Å². The molecule has 34 heavy (non-hydrogen) atoms. The number of hydrogen-bond acceptors (Lipinski definition) is 5. The number of halogens is 1. The van der Waals surface area contributed by atoms with Crippen LogP contribution < -0.4 is 14.5 Å². The molecule has 9 heteroatoms. The van der Waals surface area contributed by atoms with Crippen molar-refractivity contribution in [3.05, 3.63) is 88.9 Å². The summed E-state index contributed by atoms with van der Waals surface area (Å²) in [6.07, 6.45) is 0. The topological polar surface area (TPSA) is 79.0 Å². The molecule has 3 aromatic rings. The summed E-state index contributed by atoms with van der Waals surface area (Å²) in [5, 5.41) is 2.85. The van der Waals surface area contributed by atoms with Crippen LogP contribution in [0.3, 0.4) is 0 Å². The van der Waals surface area contributed by atoms with E-state index in [1.807, 2.05) is 24.3 Å². The third-order valence-corrected chi connectivity index (χ3v) is 7.80. The number of rotatable bonds is 8. The van der Waals surface area contributed by atoms with Crippen molar-refractivity contribution in [3.63, 3.8) is 0 Å². The van der Waals surface area contributed by atoms with Gasteiger partial charge in [0.15, 0.2) is 0 Å². The molecule has 178 valence electrons. The number of sulfonamides is 1. The Morgan fingerprint density at radius 1 is 0.971 bits per heavy atom. The molecule has 1 saturated heterocycles. The van der Waals surface area contributed by atoms with Crippen molar-refractivity contribution in [3.8, 4) is 0 Å². The summed E-state index contributed by atoms with van der Waals surface area (Å²) in [5.74, 6) is -0.392. The number of morpholine rings is 1. The molecule has 4 rings (SSSR count). The van der Waals surface area contributed by atoms with Crippen molar-refractivity contribution in [1.82, 2.24) is 5.32 Å². The quantitative estimate of drug-likeness (QED) is 0.467. The van der Waals surface area contributed by atoms with Gasteiger partial charge in [0.05, 0.1) is 23.8 Å². The Bertz CT molecular complexity index is 1210. The van der Waals surface area contributed by atoms with E-state index in [1.54, 1.807) is 42.5 Å². The van der Waals surface area contributed by atoms with Crippen molar-refractivity contribution >= 4 is 43.2 Å². The van der Waals surface area contributed by atoms with Gasteiger partial charge in [-0.15, -0.1) is 0 Å². The third-order valence-electron chi connectivity index (χ3n) is 5.52. The van der Waals surface area contributed by atoms with Crippen LogP contribution in [0.15, 0.2) is 88.2 Å². The molecule has 1 N–H and O–H groups in total. The normalized spacial score (nSPS) is 14.0. The first kappa shape index (κ1) is 24.3. The van der Waals surface area contributed by atoms with Crippen molar-refractivity contribution in [2.75, 3.05) is 42.1 Å². The monoisotopic (exact) mass is 543 g/mol. The molecule has 1 aliphatic rings. The van der Waals surface area contributed by atoms with Crippen LogP contribution in [0.25, 0.3) is 0 Å². The molecule has 0 atom stereocenters. The van der Waals surface area contributed by atoms with Crippen LogP contribution in [0.2, 0.25) is 0 Å². The Hall–Kier alpha value is -2.88.